The first-order valence-electron chi connectivity index (χ1n) is 0.844. The third kappa shape index (κ3) is 4.81. The van der Waals surface area contributed by atoms with Gasteiger partial charge in [0.2, 0.25) is 0 Å². The minimum absolute atomic E-state index is 0.173. The monoisotopic (exact) mass is 126 g/mol. The Kier molecular flexibility index (Phi) is 3.52. The quantitative estimate of drug-likeness (QED) is 0.338. The average molecular weight is 126 g/mol. The molecule has 0 aliphatic carbocycles. The summed E-state index contributed by atoms with van der Waals surface area (Å²) in [5.74, 6) is 0. The van der Waals surface area contributed by atoms with Crippen LogP contribution in [0.5, 0.6) is 0 Å². The van der Waals surface area contributed by atoms with E-state index in [0.717, 1.165) is 0 Å². The van der Waals surface area contributed by atoms with Crippen molar-refractivity contribution in [3.05, 3.63) is 0 Å². The summed E-state index contributed by atoms with van der Waals surface area (Å²) in [4.78, 5) is 0. The second kappa shape index (κ2) is 3.02. The summed E-state index contributed by atoms with van der Waals surface area (Å²) in [7, 11) is 2.31. The van der Waals surface area contributed by atoms with E-state index in [0.29, 0.717) is 0 Å². The Bertz CT molecular complexity index is 113. The molecule has 0 rings (SSSR count). The van der Waals surface area contributed by atoms with Crippen LogP contribution in [0, 0.1) is 0 Å². The summed E-state index contributed by atoms with van der Waals surface area (Å²) in [5, 5.41) is 0. The van der Waals surface area contributed by atoms with Crippen molar-refractivity contribution in [2.45, 2.75) is 0 Å². The zero-order chi connectivity index (χ0) is 4.28. The second-order valence-electron chi connectivity index (χ2n) is 0.434. The van der Waals surface area contributed by atoms with Crippen LogP contribution >= 0.6 is 15.7 Å². The van der Waals surface area contributed by atoms with Gasteiger partial charge < -0.3 is 0 Å². The van der Waals surface area contributed by atoms with E-state index >= 15 is 0 Å². The van der Waals surface area contributed by atoms with Crippen LogP contribution in [0.1, 0.15) is 0 Å². The van der Waals surface area contributed by atoms with Gasteiger partial charge in [0.1, 0.15) is 0 Å². The Balaban J connectivity index is 4.25. The van der Waals surface area contributed by atoms with E-state index in [4.69, 9.17) is 0 Å². The number of hydrogen-bond acceptors (Lipinski definition) is 0. The molecule has 0 unspecified atom stereocenters. The van der Waals surface area contributed by atoms with Crippen LogP contribution in [0.4, 0.5) is 4.20 Å². The van der Waals surface area contributed by atoms with Crippen LogP contribution < -0.4 is 0 Å². The normalized spacial score (nSPS) is 8.00. The molecule has 0 heterocycles. The van der Waals surface area contributed by atoms with Gasteiger partial charge >= 0.3 is 35.3 Å². The Labute approximate surface area is 36.0 Å². The summed E-state index contributed by atoms with van der Waals surface area (Å²) < 4.78 is 11.0. The number of rotatable bonds is 0. The third-order valence-corrected chi connectivity index (χ3v) is 1.37. The van der Waals surface area contributed by atoms with Gasteiger partial charge in [0.25, 0.3) is 0 Å². The fourth-order valence-corrected chi connectivity index (χ4v) is 0. The van der Waals surface area contributed by atoms with Crippen LogP contribution in [0.3, 0.4) is 0 Å². The SMILES string of the molecule is B=S(=P)=PF. The van der Waals surface area contributed by atoms with Crippen LogP contribution in [0.15, 0.2) is 0 Å². The Morgan fingerprint density at radius 3 is 2.20 bits per heavy atom. The van der Waals surface area contributed by atoms with E-state index < -0.39 is 8.68 Å². The molecule has 0 aromatic heterocycles. The molecule has 0 fully saturated rings. The first-order chi connectivity index (χ1) is 2.27. The first-order valence-corrected chi connectivity index (χ1v) is 4.85. The molecule has 0 nitrogen and oxygen atoms in total. The average Bonchev–Trinajstić information content (AvgIpc) is 1.38. The predicted molar refractivity (Wildman–Crippen MR) is 30.9 cm³/mol. The van der Waals surface area contributed by atoms with E-state index in [9.17, 15) is 4.20 Å². The molecule has 0 saturated carbocycles. The van der Waals surface area contributed by atoms with Gasteiger partial charge in [-0.05, 0) is 0 Å². The van der Waals surface area contributed by atoms with E-state index in [1.807, 2.05) is 0 Å². The molecule has 5 heavy (non-hydrogen) atoms. The van der Waals surface area contributed by atoms with Crippen molar-refractivity contribution in [3.63, 3.8) is 0 Å². The second-order valence-corrected chi connectivity index (χ2v) is 5.55. The maximum atomic E-state index is 11.0. The molecular formula is H2BFP2S. The third-order valence-electron chi connectivity index (χ3n) is 0.0833. The summed E-state index contributed by atoms with van der Waals surface area (Å²) in [5.41, 5.74) is 0. The molecular weight excluding hydrogens is 124 g/mol. The minimum atomic E-state index is -0.461. The summed E-state index contributed by atoms with van der Waals surface area (Å²) in [6.45, 7) is 3.31. The molecule has 0 spiro atoms. The molecule has 0 aromatic carbocycles. The van der Waals surface area contributed by atoms with Gasteiger partial charge in [0.15, 0.2) is 0 Å². The van der Waals surface area contributed by atoms with E-state index in [-0.39, 0.29) is 7.67 Å². The van der Waals surface area contributed by atoms with Crippen LogP contribution in [-0.4, -0.2) is 6.72 Å². The molecule has 0 aliphatic rings. The molecule has 0 bridgehead atoms. The van der Waals surface area contributed by atoms with E-state index in [1.165, 1.54) is 0 Å². The Hall–Kier alpha value is 0.815. The Morgan fingerprint density at radius 1 is 2.00 bits per heavy atom. The van der Waals surface area contributed by atoms with Crippen molar-refractivity contribution in [2.24, 2.45) is 0 Å². The van der Waals surface area contributed by atoms with Gasteiger partial charge in [-0.1, -0.05) is 0 Å². The maximum absolute atomic E-state index is 11.0. The Morgan fingerprint density at radius 2 is 2.20 bits per heavy atom. The van der Waals surface area contributed by atoms with Gasteiger partial charge in [-0.3, -0.25) is 0 Å². The molecule has 0 N–H and O–H groups in total. The zero-order valence-corrected chi connectivity index (χ0v) is 5.15. The summed E-state index contributed by atoms with van der Waals surface area (Å²) in [6, 6.07) is 0. The summed E-state index contributed by atoms with van der Waals surface area (Å²) >= 11 is 0. The topological polar surface area (TPSA) is 0 Å². The predicted octanol–water partition coefficient (Wildman–Crippen LogP) is 1.22. The van der Waals surface area contributed by atoms with Gasteiger partial charge in [0, 0.05) is 0 Å². The van der Waals surface area contributed by atoms with E-state index in [1.54, 1.807) is 0 Å². The number of hydrogen-bond donors (Lipinski definition) is 0. The van der Waals surface area contributed by atoms with E-state index in [2.05, 4.69) is 14.7 Å². The van der Waals surface area contributed by atoms with Crippen molar-refractivity contribution < 1.29 is 4.20 Å². The van der Waals surface area contributed by atoms with Gasteiger partial charge in [-0.25, -0.2) is 0 Å². The molecule has 0 saturated heterocycles. The fraction of sp³-hybridized carbons (Fsp3) is 0. The zero-order valence-electron chi connectivity index (χ0n) is 2.44. The fourth-order valence-electron chi connectivity index (χ4n) is 0. The summed E-state index contributed by atoms with van der Waals surface area (Å²) in [6.07, 6.45) is 0. The van der Waals surface area contributed by atoms with Gasteiger partial charge in [0.05, 0.1) is 0 Å². The van der Waals surface area contributed by atoms with Crippen molar-refractivity contribution in [2.75, 3.05) is 0 Å². The molecule has 0 amide bonds. The first kappa shape index (κ1) is 5.81. The number of halogens is 1. The van der Waals surface area contributed by atoms with Crippen LogP contribution in [0.2, 0.25) is 0 Å². The van der Waals surface area contributed by atoms with Crippen molar-refractivity contribution in [3.8, 4) is 0 Å². The molecule has 0 aromatic rings. The van der Waals surface area contributed by atoms with Gasteiger partial charge in [-0.15, -0.1) is 0 Å². The van der Waals surface area contributed by atoms with Crippen molar-refractivity contribution in [1.82, 2.24) is 0 Å². The molecule has 0 aliphatic heterocycles. The van der Waals surface area contributed by atoms with Crippen LogP contribution in [-0.2, 0) is 8.68 Å². The standard InChI is InChI=1S/BFH2P2S/c1-5(3)4-2/h1,3H. The van der Waals surface area contributed by atoms with Crippen LogP contribution in [0.25, 0.3) is 0 Å². The molecule has 28 valence electrons. The van der Waals surface area contributed by atoms with Crippen molar-refractivity contribution in [1.29, 1.82) is 0 Å². The van der Waals surface area contributed by atoms with Gasteiger partial charge in [-0.2, -0.15) is 0 Å². The molecule has 0 atom stereocenters. The van der Waals surface area contributed by atoms with Crippen molar-refractivity contribution >= 4 is 31.1 Å². The molecule has 0 radical (unpaired) electrons. The molecule has 5 heteroatoms.